The molecule has 2 unspecified atom stereocenters. The van der Waals surface area contributed by atoms with Gasteiger partial charge in [-0.05, 0) is 55.5 Å². The normalized spacial score (nSPS) is 14.4. The first-order chi connectivity index (χ1) is 9.08. The Hall–Kier alpha value is -0.530. The van der Waals surface area contributed by atoms with Crippen molar-refractivity contribution >= 4 is 11.6 Å². The van der Waals surface area contributed by atoms with Crippen LogP contribution in [0.4, 0.5) is 0 Å². The fourth-order valence-electron chi connectivity index (χ4n) is 2.68. The van der Waals surface area contributed by atoms with Gasteiger partial charge in [-0.3, -0.25) is 0 Å². The summed E-state index contributed by atoms with van der Waals surface area (Å²) in [4.78, 5) is 0. The van der Waals surface area contributed by atoms with Gasteiger partial charge in [0.25, 0.3) is 0 Å². The third kappa shape index (κ3) is 5.54. The van der Waals surface area contributed by atoms with Crippen molar-refractivity contribution in [3.05, 3.63) is 34.3 Å². The molecule has 0 aliphatic carbocycles. The van der Waals surface area contributed by atoms with E-state index in [1.54, 1.807) is 0 Å². The SMILES string of the molecule is CCCNC(CC(C)CCC)c1ccc(Cl)cc1C. The van der Waals surface area contributed by atoms with Crippen LogP contribution in [0, 0.1) is 12.8 Å². The molecule has 1 aromatic carbocycles. The lowest BCUT2D eigenvalue weighted by Crippen LogP contribution is -2.24. The number of halogens is 1. The molecule has 2 heteroatoms. The van der Waals surface area contributed by atoms with Crippen LogP contribution in [-0.2, 0) is 0 Å². The van der Waals surface area contributed by atoms with Gasteiger partial charge in [0.2, 0.25) is 0 Å². The molecule has 0 aromatic heterocycles. The average Bonchev–Trinajstić information content (AvgIpc) is 2.35. The van der Waals surface area contributed by atoms with E-state index in [0.717, 1.165) is 17.5 Å². The van der Waals surface area contributed by atoms with Crippen molar-refractivity contribution in [1.82, 2.24) is 5.32 Å². The summed E-state index contributed by atoms with van der Waals surface area (Å²) in [5.41, 5.74) is 2.70. The van der Waals surface area contributed by atoms with Gasteiger partial charge in [0.15, 0.2) is 0 Å². The lowest BCUT2D eigenvalue weighted by Gasteiger charge is -2.24. The summed E-state index contributed by atoms with van der Waals surface area (Å²) < 4.78 is 0. The van der Waals surface area contributed by atoms with Gasteiger partial charge in [0.05, 0.1) is 0 Å². The first-order valence-electron chi connectivity index (χ1n) is 7.57. The summed E-state index contributed by atoms with van der Waals surface area (Å²) in [5.74, 6) is 0.759. The Morgan fingerprint density at radius 3 is 2.53 bits per heavy atom. The lowest BCUT2D eigenvalue weighted by atomic mass is 9.91. The molecule has 0 saturated heterocycles. The summed E-state index contributed by atoms with van der Waals surface area (Å²) in [6.07, 6.45) is 4.94. The zero-order valence-corrected chi connectivity index (χ0v) is 13.6. The van der Waals surface area contributed by atoms with Crippen LogP contribution >= 0.6 is 11.6 Å². The third-order valence-electron chi connectivity index (χ3n) is 3.67. The van der Waals surface area contributed by atoms with E-state index in [2.05, 4.69) is 45.1 Å². The summed E-state index contributed by atoms with van der Waals surface area (Å²) in [6.45, 7) is 10.1. The zero-order valence-electron chi connectivity index (χ0n) is 12.8. The Balaban J connectivity index is 2.82. The van der Waals surface area contributed by atoms with Crippen molar-refractivity contribution in [2.45, 2.75) is 59.4 Å². The molecule has 0 amide bonds. The van der Waals surface area contributed by atoms with Crippen LogP contribution < -0.4 is 5.32 Å². The Morgan fingerprint density at radius 1 is 1.21 bits per heavy atom. The van der Waals surface area contributed by atoms with Crippen LogP contribution in [0.15, 0.2) is 18.2 Å². The maximum atomic E-state index is 6.06. The predicted molar refractivity (Wildman–Crippen MR) is 85.9 cm³/mol. The van der Waals surface area contributed by atoms with Crippen molar-refractivity contribution in [3.8, 4) is 0 Å². The number of aryl methyl sites for hydroxylation is 1. The van der Waals surface area contributed by atoms with Crippen molar-refractivity contribution in [2.24, 2.45) is 5.92 Å². The molecule has 0 aliphatic rings. The second kappa shape index (κ2) is 8.60. The van der Waals surface area contributed by atoms with Crippen LogP contribution in [0.5, 0.6) is 0 Å². The van der Waals surface area contributed by atoms with E-state index in [-0.39, 0.29) is 0 Å². The summed E-state index contributed by atoms with van der Waals surface area (Å²) in [7, 11) is 0. The predicted octanol–water partition coefficient (Wildman–Crippen LogP) is 5.52. The molecule has 0 heterocycles. The average molecular weight is 282 g/mol. The number of hydrogen-bond donors (Lipinski definition) is 1. The Kier molecular flexibility index (Phi) is 7.48. The van der Waals surface area contributed by atoms with E-state index in [1.165, 1.54) is 36.8 Å². The first-order valence-corrected chi connectivity index (χ1v) is 7.95. The minimum atomic E-state index is 0.457. The number of benzene rings is 1. The zero-order chi connectivity index (χ0) is 14.3. The maximum Gasteiger partial charge on any atom is 0.0408 e. The lowest BCUT2D eigenvalue weighted by molar-refractivity contribution is 0.389. The van der Waals surface area contributed by atoms with Gasteiger partial charge in [-0.15, -0.1) is 0 Å². The Bertz CT molecular complexity index is 376. The monoisotopic (exact) mass is 281 g/mol. The van der Waals surface area contributed by atoms with Crippen molar-refractivity contribution in [2.75, 3.05) is 6.54 Å². The van der Waals surface area contributed by atoms with Gasteiger partial charge in [-0.25, -0.2) is 0 Å². The van der Waals surface area contributed by atoms with E-state index in [4.69, 9.17) is 11.6 Å². The van der Waals surface area contributed by atoms with Crippen LogP contribution in [0.3, 0.4) is 0 Å². The molecule has 0 radical (unpaired) electrons. The van der Waals surface area contributed by atoms with Crippen LogP contribution in [0.2, 0.25) is 5.02 Å². The van der Waals surface area contributed by atoms with Gasteiger partial charge >= 0.3 is 0 Å². The second-order valence-electron chi connectivity index (χ2n) is 5.64. The molecule has 1 rings (SSSR count). The molecule has 1 N–H and O–H groups in total. The van der Waals surface area contributed by atoms with Gasteiger partial charge in [-0.2, -0.15) is 0 Å². The number of nitrogens with one attached hydrogen (secondary N) is 1. The summed E-state index contributed by atoms with van der Waals surface area (Å²) in [5, 5.41) is 4.52. The van der Waals surface area contributed by atoms with Crippen LogP contribution in [0.25, 0.3) is 0 Å². The van der Waals surface area contributed by atoms with Crippen molar-refractivity contribution in [1.29, 1.82) is 0 Å². The molecule has 19 heavy (non-hydrogen) atoms. The highest BCUT2D eigenvalue weighted by molar-refractivity contribution is 6.30. The number of rotatable bonds is 8. The standard InChI is InChI=1S/C17H28ClN/c1-5-7-13(3)11-17(19-10-6-2)16-9-8-15(18)12-14(16)4/h8-9,12-13,17,19H,5-7,10-11H2,1-4H3. The van der Waals surface area contributed by atoms with Crippen molar-refractivity contribution < 1.29 is 0 Å². The van der Waals surface area contributed by atoms with Crippen molar-refractivity contribution in [3.63, 3.8) is 0 Å². The topological polar surface area (TPSA) is 12.0 Å². The smallest absolute Gasteiger partial charge is 0.0408 e. The highest BCUT2D eigenvalue weighted by Crippen LogP contribution is 2.28. The fourth-order valence-corrected chi connectivity index (χ4v) is 2.91. The van der Waals surface area contributed by atoms with E-state index in [9.17, 15) is 0 Å². The van der Waals surface area contributed by atoms with E-state index in [1.807, 2.05) is 6.07 Å². The molecular weight excluding hydrogens is 254 g/mol. The molecule has 0 saturated carbocycles. The molecule has 0 aliphatic heterocycles. The molecule has 108 valence electrons. The van der Waals surface area contributed by atoms with Crippen LogP contribution in [-0.4, -0.2) is 6.54 Å². The summed E-state index contributed by atoms with van der Waals surface area (Å²) >= 11 is 6.06. The van der Waals surface area contributed by atoms with Gasteiger partial charge in [0.1, 0.15) is 0 Å². The first kappa shape index (κ1) is 16.5. The largest absolute Gasteiger partial charge is 0.310 e. The molecule has 0 bridgehead atoms. The highest BCUT2D eigenvalue weighted by Gasteiger charge is 2.16. The maximum absolute atomic E-state index is 6.06. The highest BCUT2D eigenvalue weighted by atomic mass is 35.5. The quantitative estimate of drug-likeness (QED) is 0.662. The summed E-state index contributed by atoms with van der Waals surface area (Å²) in [6, 6.07) is 6.72. The molecule has 0 spiro atoms. The van der Waals surface area contributed by atoms with Crippen LogP contribution in [0.1, 0.15) is 63.6 Å². The Morgan fingerprint density at radius 2 is 1.95 bits per heavy atom. The fraction of sp³-hybridized carbons (Fsp3) is 0.647. The number of hydrogen-bond acceptors (Lipinski definition) is 1. The van der Waals surface area contributed by atoms with Gasteiger partial charge in [-0.1, -0.05) is 51.3 Å². The molecule has 1 aromatic rings. The molecule has 1 nitrogen and oxygen atoms in total. The van der Waals surface area contributed by atoms with E-state index >= 15 is 0 Å². The molecule has 0 fully saturated rings. The van der Waals surface area contributed by atoms with Gasteiger partial charge in [0, 0.05) is 11.1 Å². The Labute approximate surface area is 123 Å². The van der Waals surface area contributed by atoms with Gasteiger partial charge < -0.3 is 5.32 Å². The van der Waals surface area contributed by atoms with E-state index < -0.39 is 0 Å². The third-order valence-corrected chi connectivity index (χ3v) is 3.90. The minimum absolute atomic E-state index is 0.457. The minimum Gasteiger partial charge on any atom is -0.310 e. The second-order valence-corrected chi connectivity index (χ2v) is 6.07. The molecular formula is C17H28ClN. The molecule has 2 atom stereocenters. The van der Waals surface area contributed by atoms with E-state index in [0.29, 0.717) is 6.04 Å².